The van der Waals surface area contributed by atoms with Crippen LogP contribution in [-0.2, 0) is 11.2 Å². The van der Waals surface area contributed by atoms with Gasteiger partial charge in [0.2, 0.25) is 5.91 Å². The van der Waals surface area contributed by atoms with Crippen LogP contribution in [0.2, 0.25) is 10.0 Å². The molecular weight excluding hydrogens is 431 g/mol. The third-order valence-corrected chi connectivity index (χ3v) is 5.30. The van der Waals surface area contributed by atoms with E-state index in [2.05, 4.69) is 20.3 Å². The van der Waals surface area contributed by atoms with Crippen molar-refractivity contribution in [3.8, 4) is 22.7 Å². The molecule has 4 aromatic rings. The van der Waals surface area contributed by atoms with Gasteiger partial charge in [0, 0.05) is 35.0 Å². The van der Waals surface area contributed by atoms with Crippen molar-refractivity contribution in [2.24, 2.45) is 0 Å². The predicted octanol–water partition coefficient (Wildman–Crippen LogP) is 5.74. The van der Waals surface area contributed by atoms with Crippen molar-refractivity contribution in [3.05, 3.63) is 70.1 Å². The van der Waals surface area contributed by atoms with Gasteiger partial charge in [0.05, 0.1) is 16.9 Å². The highest BCUT2D eigenvalue weighted by Crippen LogP contribution is 2.31. The van der Waals surface area contributed by atoms with Gasteiger partial charge in [-0.25, -0.2) is 9.97 Å². The fourth-order valence-corrected chi connectivity index (χ4v) is 3.83. The molecule has 0 bridgehead atoms. The number of halogens is 2. The zero-order valence-corrected chi connectivity index (χ0v) is 17.3. The first kappa shape index (κ1) is 19.6. The lowest BCUT2D eigenvalue weighted by Crippen LogP contribution is -2.12. The molecule has 0 saturated carbocycles. The van der Waals surface area contributed by atoms with E-state index in [0.717, 1.165) is 11.4 Å². The van der Waals surface area contributed by atoms with Crippen molar-refractivity contribution in [1.82, 2.24) is 15.0 Å². The van der Waals surface area contributed by atoms with Crippen LogP contribution in [0, 0.1) is 0 Å². The number of nitrogens with one attached hydrogen (secondary N) is 1. The van der Waals surface area contributed by atoms with Gasteiger partial charge in [0.15, 0.2) is 16.8 Å². The number of carbonyl (C=O) groups excluding carboxylic acids is 1. The van der Waals surface area contributed by atoms with Crippen LogP contribution in [0.4, 0.5) is 5.13 Å². The number of anilines is 1. The van der Waals surface area contributed by atoms with E-state index in [9.17, 15) is 4.79 Å². The highest BCUT2D eigenvalue weighted by Gasteiger charge is 2.13. The van der Waals surface area contributed by atoms with Crippen molar-refractivity contribution in [1.29, 1.82) is 0 Å². The van der Waals surface area contributed by atoms with Crippen LogP contribution in [0.3, 0.4) is 0 Å². The number of aromatic nitrogens is 3. The molecule has 0 radical (unpaired) electrons. The molecule has 0 saturated heterocycles. The van der Waals surface area contributed by atoms with E-state index in [1.807, 2.05) is 23.6 Å². The Hall–Kier alpha value is -2.74. The van der Waals surface area contributed by atoms with Gasteiger partial charge < -0.3 is 9.73 Å². The summed E-state index contributed by atoms with van der Waals surface area (Å²) < 4.78 is 5.71. The van der Waals surface area contributed by atoms with Gasteiger partial charge in [0.1, 0.15) is 5.69 Å². The number of nitrogens with zero attached hydrogens (tertiary/aromatic N) is 3. The molecule has 3 aromatic heterocycles. The van der Waals surface area contributed by atoms with Gasteiger partial charge in [-0.15, -0.1) is 11.3 Å². The summed E-state index contributed by atoms with van der Waals surface area (Å²) in [6.07, 6.45) is 3.86. The Kier molecular flexibility index (Phi) is 5.89. The number of carbonyl (C=O) groups is 1. The molecule has 1 aromatic carbocycles. The molecule has 0 fully saturated rings. The second-order valence-electron chi connectivity index (χ2n) is 6.04. The van der Waals surface area contributed by atoms with Crippen molar-refractivity contribution >= 4 is 45.6 Å². The number of rotatable bonds is 6. The van der Waals surface area contributed by atoms with Gasteiger partial charge in [-0.05, 0) is 30.3 Å². The number of benzene rings is 1. The summed E-state index contributed by atoms with van der Waals surface area (Å²) in [4.78, 5) is 25.1. The van der Waals surface area contributed by atoms with Crippen molar-refractivity contribution < 1.29 is 9.21 Å². The lowest BCUT2D eigenvalue weighted by molar-refractivity contribution is -0.116. The van der Waals surface area contributed by atoms with Crippen molar-refractivity contribution in [3.63, 3.8) is 0 Å². The maximum absolute atomic E-state index is 12.2. The van der Waals surface area contributed by atoms with E-state index in [1.54, 1.807) is 30.6 Å². The average molecular weight is 445 g/mol. The molecule has 1 amide bonds. The molecule has 29 heavy (non-hydrogen) atoms. The highest BCUT2D eigenvalue weighted by atomic mass is 35.5. The first-order valence-electron chi connectivity index (χ1n) is 8.65. The molecule has 0 aliphatic rings. The van der Waals surface area contributed by atoms with Crippen LogP contribution in [-0.4, -0.2) is 20.9 Å². The third-order valence-electron chi connectivity index (χ3n) is 3.99. The first-order chi connectivity index (χ1) is 14.1. The fourth-order valence-electron chi connectivity index (χ4n) is 2.60. The van der Waals surface area contributed by atoms with E-state index in [0.29, 0.717) is 38.8 Å². The molecule has 9 heteroatoms. The maximum Gasteiger partial charge on any atom is 0.226 e. The molecule has 0 spiro atoms. The van der Waals surface area contributed by atoms with Gasteiger partial charge >= 0.3 is 0 Å². The zero-order chi connectivity index (χ0) is 20.2. The summed E-state index contributed by atoms with van der Waals surface area (Å²) >= 11 is 13.5. The molecule has 4 rings (SSSR count). The summed E-state index contributed by atoms with van der Waals surface area (Å²) in [5, 5.41) is 6.19. The fraction of sp³-hybridized carbons (Fsp3) is 0.100. The van der Waals surface area contributed by atoms with E-state index in [1.165, 1.54) is 11.3 Å². The Balaban J connectivity index is 1.35. The highest BCUT2D eigenvalue weighted by molar-refractivity contribution is 7.14. The number of hydrogen-bond acceptors (Lipinski definition) is 6. The lowest BCUT2D eigenvalue weighted by Gasteiger charge is -2.01. The number of thiazole rings is 1. The second kappa shape index (κ2) is 8.73. The molecule has 6 nitrogen and oxygen atoms in total. The lowest BCUT2D eigenvalue weighted by atomic mass is 10.2. The maximum atomic E-state index is 12.2. The van der Waals surface area contributed by atoms with Crippen molar-refractivity contribution in [2.75, 3.05) is 5.32 Å². The van der Waals surface area contributed by atoms with Crippen LogP contribution < -0.4 is 5.32 Å². The van der Waals surface area contributed by atoms with E-state index >= 15 is 0 Å². The minimum atomic E-state index is -0.170. The summed E-state index contributed by atoms with van der Waals surface area (Å²) in [7, 11) is 0. The quantitative estimate of drug-likeness (QED) is 0.410. The number of hydrogen-bond donors (Lipinski definition) is 1. The van der Waals surface area contributed by atoms with E-state index in [-0.39, 0.29) is 12.3 Å². The predicted molar refractivity (Wildman–Crippen MR) is 114 cm³/mol. The number of pyridine rings is 1. The summed E-state index contributed by atoms with van der Waals surface area (Å²) in [6, 6.07) is 10.7. The topological polar surface area (TPSA) is 80.9 Å². The standard InChI is InChI=1S/C20H14Cl2N4O2S/c21-12-4-5-13(14(22)9-12)17-10-24-19(28-17)7-6-18(27)26-20-25-16(11-29-20)15-3-1-2-8-23-15/h1-5,8-11H,6-7H2,(H,25,26,27). The van der Waals surface area contributed by atoms with E-state index < -0.39 is 0 Å². The van der Waals surface area contributed by atoms with Crippen LogP contribution >= 0.6 is 34.5 Å². The smallest absolute Gasteiger partial charge is 0.226 e. The summed E-state index contributed by atoms with van der Waals surface area (Å²) in [5.41, 5.74) is 2.18. The Morgan fingerprint density at radius 2 is 2.03 bits per heavy atom. The largest absolute Gasteiger partial charge is 0.441 e. The van der Waals surface area contributed by atoms with Crippen LogP contribution in [0.5, 0.6) is 0 Å². The second-order valence-corrected chi connectivity index (χ2v) is 7.75. The minimum Gasteiger partial charge on any atom is -0.441 e. The van der Waals surface area contributed by atoms with Crippen LogP contribution in [0.25, 0.3) is 22.7 Å². The van der Waals surface area contributed by atoms with E-state index in [4.69, 9.17) is 27.6 Å². The Morgan fingerprint density at radius 1 is 1.14 bits per heavy atom. The Bertz CT molecular complexity index is 1140. The number of aryl methyl sites for hydroxylation is 1. The average Bonchev–Trinajstić information content (AvgIpc) is 3.37. The van der Waals surface area contributed by atoms with Crippen LogP contribution in [0.1, 0.15) is 12.3 Å². The number of oxazole rings is 1. The first-order valence-corrected chi connectivity index (χ1v) is 10.3. The summed E-state index contributed by atoms with van der Waals surface area (Å²) in [6.45, 7) is 0. The zero-order valence-electron chi connectivity index (χ0n) is 14.9. The van der Waals surface area contributed by atoms with Crippen molar-refractivity contribution in [2.45, 2.75) is 12.8 Å². The third kappa shape index (κ3) is 4.82. The molecule has 146 valence electrons. The molecular formula is C20H14Cl2N4O2S. The van der Waals surface area contributed by atoms with Gasteiger partial charge in [0.25, 0.3) is 0 Å². The molecule has 0 aliphatic carbocycles. The van der Waals surface area contributed by atoms with Gasteiger partial charge in [-0.2, -0.15) is 0 Å². The monoisotopic (exact) mass is 444 g/mol. The Labute approximate surface area is 180 Å². The SMILES string of the molecule is O=C(CCc1ncc(-c2ccc(Cl)cc2Cl)o1)Nc1nc(-c2ccccn2)cs1. The normalized spacial score (nSPS) is 10.8. The minimum absolute atomic E-state index is 0.170. The molecule has 0 aliphatic heterocycles. The molecule has 1 N–H and O–H groups in total. The number of amides is 1. The van der Waals surface area contributed by atoms with Crippen LogP contribution in [0.15, 0.2) is 58.6 Å². The molecule has 0 unspecified atom stereocenters. The van der Waals surface area contributed by atoms with Gasteiger partial charge in [-0.3, -0.25) is 9.78 Å². The van der Waals surface area contributed by atoms with Gasteiger partial charge in [-0.1, -0.05) is 29.3 Å². The molecule has 0 atom stereocenters. The molecule has 3 heterocycles. The Morgan fingerprint density at radius 3 is 2.83 bits per heavy atom. The summed E-state index contributed by atoms with van der Waals surface area (Å²) in [5.74, 6) is 0.813.